The molecule has 0 saturated carbocycles. The van der Waals surface area contributed by atoms with Crippen LogP contribution in [-0.4, -0.2) is 35.8 Å². The van der Waals surface area contributed by atoms with E-state index < -0.39 is 0 Å². The van der Waals surface area contributed by atoms with Crippen LogP contribution >= 0.6 is 0 Å². The molecule has 4 nitrogen and oxygen atoms in total. The Balaban J connectivity index is 0.00000348. The second-order valence-electron chi connectivity index (χ2n) is 11.8. The summed E-state index contributed by atoms with van der Waals surface area (Å²) in [6.45, 7) is 0. The molecule has 0 amide bonds. The van der Waals surface area contributed by atoms with Crippen molar-refractivity contribution in [2.24, 2.45) is 0 Å². The van der Waals surface area contributed by atoms with Crippen LogP contribution in [0.15, 0.2) is 146 Å². The van der Waals surface area contributed by atoms with E-state index in [0.717, 1.165) is 89.4 Å². The SMILES string of the molecule is C1=Cc2nc1c(-c1ccccc1)c1ccc([n-]1)c(-c1ccccc1)c1nc(c(-c3ccccc3)c3ccc([n-]3)c2-c2ccccc2)C=C1.[111In+3]. The summed E-state index contributed by atoms with van der Waals surface area (Å²) >= 11 is 0. The van der Waals surface area contributed by atoms with Crippen molar-refractivity contribution in [2.75, 3.05) is 0 Å². The zero-order valence-corrected chi connectivity index (χ0v) is 29.8. The molecule has 226 valence electrons. The summed E-state index contributed by atoms with van der Waals surface area (Å²) in [4.78, 5) is 21.2. The minimum absolute atomic E-state index is 0. The summed E-state index contributed by atoms with van der Waals surface area (Å²) in [6.07, 6.45) is 8.41. The van der Waals surface area contributed by atoms with Gasteiger partial charge in [-0.15, -0.1) is 22.1 Å². The summed E-state index contributed by atoms with van der Waals surface area (Å²) < 4.78 is 0. The Morgan fingerprint density at radius 1 is 0.286 bits per heavy atom. The van der Waals surface area contributed by atoms with Crippen molar-refractivity contribution in [1.29, 1.82) is 0 Å². The van der Waals surface area contributed by atoms with E-state index in [4.69, 9.17) is 19.9 Å². The molecular formula is C44H28InN4+. The molecule has 7 aromatic rings. The second kappa shape index (κ2) is 13.1. The van der Waals surface area contributed by atoms with E-state index in [-0.39, 0.29) is 25.8 Å². The molecule has 0 atom stereocenters. The molecule has 0 N–H and O–H groups in total. The number of benzene rings is 4. The third-order valence-electron chi connectivity index (χ3n) is 8.86. The number of hydrogen-bond acceptors (Lipinski definition) is 2. The van der Waals surface area contributed by atoms with Crippen molar-refractivity contribution < 1.29 is 0 Å². The van der Waals surface area contributed by atoms with Gasteiger partial charge in [0.25, 0.3) is 0 Å². The van der Waals surface area contributed by atoms with Crippen LogP contribution in [0.1, 0.15) is 22.8 Å². The van der Waals surface area contributed by atoms with Crippen molar-refractivity contribution in [3.63, 3.8) is 0 Å². The predicted octanol–water partition coefficient (Wildman–Crippen LogP) is 10.2. The first kappa shape index (κ1) is 30.7. The molecule has 49 heavy (non-hydrogen) atoms. The smallest absolute Gasteiger partial charge is 0.657 e. The molecule has 2 aliphatic rings. The van der Waals surface area contributed by atoms with Crippen LogP contribution < -0.4 is 9.97 Å². The molecule has 8 bridgehead atoms. The summed E-state index contributed by atoms with van der Waals surface area (Å²) in [7, 11) is 0. The van der Waals surface area contributed by atoms with E-state index >= 15 is 0 Å². The normalized spacial score (nSPS) is 11.8. The van der Waals surface area contributed by atoms with E-state index in [1.165, 1.54) is 0 Å². The van der Waals surface area contributed by atoms with E-state index in [2.05, 4.69) is 146 Å². The van der Waals surface area contributed by atoms with Gasteiger partial charge in [0.05, 0.1) is 22.8 Å². The Kier molecular flexibility index (Phi) is 8.20. The Morgan fingerprint density at radius 3 is 0.735 bits per heavy atom. The fourth-order valence-corrected chi connectivity index (χ4v) is 6.69. The second-order valence-corrected chi connectivity index (χ2v) is 11.8. The van der Waals surface area contributed by atoms with Gasteiger partial charge in [-0.1, -0.05) is 146 Å². The minimum atomic E-state index is 0. The topological polar surface area (TPSA) is 54.0 Å². The number of aromatic nitrogens is 4. The van der Waals surface area contributed by atoms with E-state index in [9.17, 15) is 0 Å². The maximum absolute atomic E-state index is 5.31. The summed E-state index contributed by atoms with van der Waals surface area (Å²) in [5.41, 5.74) is 15.0. The first-order valence-corrected chi connectivity index (χ1v) is 16.1. The minimum Gasteiger partial charge on any atom is -0.657 e. The quantitative estimate of drug-likeness (QED) is 0.181. The van der Waals surface area contributed by atoms with Crippen molar-refractivity contribution >= 4 is 72.2 Å². The first-order valence-electron chi connectivity index (χ1n) is 16.1. The molecule has 5 heterocycles. The van der Waals surface area contributed by atoms with Gasteiger partial charge in [0.15, 0.2) is 0 Å². The number of nitrogens with zero attached hydrogens (tertiary/aromatic N) is 4. The molecule has 0 unspecified atom stereocenters. The molecule has 2 aliphatic heterocycles. The van der Waals surface area contributed by atoms with Crippen molar-refractivity contribution in [2.45, 2.75) is 0 Å². The van der Waals surface area contributed by atoms with Gasteiger partial charge in [-0.3, -0.25) is 0 Å². The zero-order chi connectivity index (χ0) is 31.9. The van der Waals surface area contributed by atoms with Crippen LogP contribution in [0.2, 0.25) is 0 Å². The zero-order valence-electron chi connectivity index (χ0n) is 26.5. The molecule has 0 fully saturated rings. The molecule has 0 spiro atoms. The van der Waals surface area contributed by atoms with Gasteiger partial charge in [-0.05, 0) is 68.8 Å². The number of fused-ring (bicyclic) bond motifs is 8. The van der Waals surface area contributed by atoms with Gasteiger partial charge in [-0.2, -0.15) is 0 Å². The summed E-state index contributed by atoms with van der Waals surface area (Å²) in [5, 5.41) is 0. The van der Waals surface area contributed by atoms with E-state index in [1.807, 2.05) is 24.3 Å². The van der Waals surface area contributed by atoms with Gasteiger partial charge < -0.3 is 9.97 Å². The Labute approximate surface area is 303 Å². The maximum Gasteiger partial charge on any atom is 3.00 e. The Bertz CT molecular complexity index is 2180. The van der Waals surface area contributed by atoms with Crippen LogP contribution in [0.3, 0.4) is 0 Å². The van der Waals surface area contributed by atoms with Crippen LogP contribution in [0.25, 0.3) is 90.9 Å². The molecule has 0 radical (unpaired) electrons. The van der Waals surface area contributed by atoms with E-state index in [1.54, 1.807) is 0 Å². The first-order chi connectivity index (χ1) is 23.8. The molecular weight excluding hydrogens is 695 g/mol. The van der Waals surface area contributed by atoms with Crippen molar-refractivity contribution in [3.05, 3.63) is 168 Å². The molecule has 0 aliphatic carbocycles. The fraction of sp³-hybridized carbons (Fsp3) is 0. The molecule has 5 heteroatoms. The van der Waals surface area contributed by atoms with Crippen LogP contribution in [-0.2, 0) is 0 Å². The van der Waals surface area contributed by atoms with Gasteiger partial charge in [0.1, 0.15) is 0 Å². The predicted molar refractivity (Wildman–Crippen MR) is 204 cm³/mol. The van der Waals surface area contributed by atoms with Crippen LogP contribution in [0.5, 0.6) is 0 Å². The molecule has 4 aromatic carbocycles. The molecule has 3 aromatic heterocycles. The van der Waals surface area contributed by atoms with Crippen LogP contribution in [0, 0.1) is 0 Å². The largest absolute Gasteiger partial charge is 3.00 e. The third kappa shape index (κ3) is 5.66. The molecule has 9 rings (SSSR count). The van der Waals surface area contributed by atoms with Gasteiger partial charge in [-0.25, -0.2) is 9.97 Å². The van der Waals surface area contributed by atoms with Crippen LogP contribution in [0.4, 0.5) is 0 Å². The number of rotatable bonds is 4. The molecule has 0 saturated heterocycles. The summed E-state index contributed by atoms with van der Waals surface area (Å²) in [6, 6.07) is 50.0. The van der Waals surface area contributed by atoms with Crippen molar-refractivity contribution in [3.8, 4) is 44.5 Å². The van der Waals surface area contributed by atoms with E-state index in [0.29, 0.717) is 0 Å². The number of hydrogen-bond donors (Lipinski definition) is 0. The van der Waals surface area contributed by atoms with Gasteiger partial charge in [0.2, 0.25) is 0 Å². The Hall–Kier alpha value is -5.65. The Morgan fingerprint density at radius 2 is 0.510 bits per heavy atom. The average molecular weight is 724 g/mol. The standard InChI is InChI=1S/C44H28N4.In/c1-5-13-29(14-6-1)41-33-21-23-35(45-33)42(30-15-7-2-8-16-30)37-25-27-39(47-37)44(32-19-11-4-12-20-32)40-28-26-38(48-40)43(31-17-9-3-10-18-31)36-24-22-34(41)46-36;/h1-28H;/q-2;+3/i;1-4. The van der Waals surface area contributed by atoms with Crippen molar-refractivity contribution in [1.82, 2.24) is 19.9 Å². The monoisotopic (exact) mass is 723 g/mol. The fourth-order valence-electron chi connectivity index (χ4n) is 6.69. The summed E-state index contributed by atoms with van der Waals surface area (Å²) in [5.74, 6) is 0. The third-order valence-corrected chi connectivity index (χ3v) is 8.86. The van der Waals surface area contributed by atoms with Gasteiger partial charge in [0, 0.05) is 0 Å². The van der Waals surface area contributed by atoms with Gasteiger partial charge >= 0.3 is 25.8 Å². The maximum atomic E-state index is 5.31. The average Bonchev–Trinajstić information content (AvgIpc) is 3.98.